The first kappa shape index (κ1) is 21.7. The van der Waals surface area contributed by atoms with Gasteiger partial charge in [0, 0.05) is 28.5 Å². The van der Waals surface area contributed by atoms with E-state index in [0.29, 0.717) is 10.6 Å². The van der Waals surface area contributed by atoms with Crippen LogP contribution in [0, 0.1) is 30.1 Å². The average molecular weight is 450 g/mol. The van der Waals surface area contributed by atoms with Gasteiger partial charge in [0.25, 0.3) is 0 Å². The summed E-state index contributed by atoms with van der Waals surface area (Å²) < 4.78 is 35.8. The number of thiazole rings is 1. The summed E-state index contributed by atoms with van der Waals surface area (Å²) in [5.41, 5.74) is 0.947. The lowest BCUT2D eigenvalue weighted by molar-refractivity contribution is -0.0305. The number of hydrogen-bond donors (Lipinski definition) is 0. The molecule has 0 fully saturated rings. The van der Waals surface area contributed by atoms with E-state index >= 15 is 0 Å². The fraction of sp³-hybridized carbons (Fsp3) is 0.174. The van der Waals surface area contributed by atoms with E-state index in [9.17, 15) is 8.78 Å². The van der Waals surface area contributed by atoms with Gasteiger partial charge in [-0.25, -0.2) is 23.4 Å². The molecule has 6 nitrogen and oxygen atoms in total. The van der Waals surface area contributed by atoms with Gasteiger partial charge in [-0.15, -0.1) is 11.3 Å². The largest absolute Gasteiger partial charge is 0.365 e. The predicted molar refractivity (Wildman–Crippen MR) is 115 cm³/mol. The number of nitriles is 1. The SMILES string of the molecule is [CH2]O[C@@](Cn1cncn1)(c1ccc(F)cc1F)[C@@H](C)c1nc(-c2ccc(C#N)cc2)cs1. The molecular formula is C23H18F2N5OS. The summed E-state index contributed by atoms with van der Waals surface area (Å²) in [5.74, 6) is -1.90. The van der Waals surface area contributed by atoms with E-state index in [0.717, 1.165) is 17.3 Å². The van der Waals surface area contributed by atoms with Crippen LogP contribution >= 0.6 is 11.3 Å². The summed E-state index contributed by atoms with van der Waals surface area (Å²) in [6.07, 6.45) is 2.86. The van der Waals surface area contributed by atoms with Gasteiger partial charge in [0.2, 0.25) is 0 Å². The third-order valence-electron chi connectivity index (χ3n) is 5.41. The molecule has 161 valence electrons. The second kappa shape index (κ2) is 8.94. The van der Waals surface area contributed by atoms with Crippen molar-refractivity contribution in [2.24, 2.45) is 0 Å². The molecule has 0 bridgehead atoms. The zero-order chi connectivity index (χ0) is 22.7. The second-order valence-electron chi connectivity index (χ2n) is 7.23. The fourth-order valence-corrected chi connectivity index (χ4v) is 4.59. The zero-order valence-electron chi connectivity index (χ0n) is 17.1. The first-order valence-electron chi connectivity index (χ1n) is 9.64. The van der Waals surface area contributed by atoms with E-state index in [1.807, 2.05) is 24.4 Å². The second-order valence-corrected chi connectivity index (χ2v) is 8.12. The van der Waals surface area contributed by atoms with Gasteiger partial charge in [-0.3, -0.25) is 0 Å². The molecule has 1 radical (unpaired) electrons. The summed E-state index contributed by atoms with van der Waals surface area (Å²) in [7, 11) is 3.63. The number of rotatable bonds is 7. The van der Waals surface area contributed by atoms with E-state index in [-0.39, 0.29) is 12.1 Å². The Bertz CT molecular complexity index is 1250. The molecule has 0 aliphatic carbocycles. The first-order chi connectivity index (χ1) is 15.5. The highest BCUT2D eigenvalue weighted by atomic mass is 32.1. The summed E-state index contributed by atoms with van der Waals surface area (Å²) in [6.45, 7) is 1.94. The maximum Gasteiger partial charge on any atom is 0.137 e. The van der Waals surface area contributed by atoms with Crippen LogP contribution < -0.4 is 0 Å². The van der Waals surface area contributed by atoms with Crippen LogP contribution in [0.4, 0.5) is 8.78 Å². The minimum absolute atomic E-state index is 0.0893. The van der Waals surface area contributed by atoms with Crippen molar-refractivity contribution in [3.63, 3.8) is 0 Å². The lowest BCUT2D eigenvalue weighted by atomic mass is 9.81. The van der Waals surface area contributed by atoms with E-state index in [2.05, 4.69) is 23.3 Å². The third kappa shape index (κ3) is 4.02. The average Bonchev–Trinajstić information content (AvgIpc) is 3.50. The fourth-order valence-electron chi connectivity index (χ4n) is 3.63. The van der Waals surface area contributed by atoms with Crippen molar-refractivity contribution in [1.82, 2.24) is 19.7 Å². The van der Waals surface area contributed by atoms with Crippen molar-refractivity contribution in [3.05, 3.63) is 95.4 Å². The summed E-state index contributed by atoms with van der Waals surface area (Å²) in [4.78, 5) is 8.68. The van der Waals surface area contributed by atoms with Crippen LogP contribution in [0.15, 0.2) is 60.5 Å². The highest BCUT2D eigenvalue weighted by molar-refractivity contribution is 7.10. The van der Waals surface area contributed by atoms with Gasteiger partial charge >= 0.3 is 0 Å². The first-order valence-corrected chi connectivity index (χ1v) is 10.5. The van der Waals surface area contributed by atoms with Crippen LogP contribution in [0.5, 0.6) is 0 Å². The Labute approximate surface area is 187 Å². The van der Waals surface area contributed by atoms with Crippen molar-refractivity contribution >= 4 is 11.3 Å². The molecule has 2 aromatic carbocycles. The van der Waals surface area contributed by atoms with Crippen LogP contribution in [-0.4, -0.2) is 19.7 Å². The Morgan fingerprint density at radius 3 is 2.66 bits per heavy atom. The summed E-state index contributed by atoms with van der Waals surface area (Å²) in [6, 6.07) is 12.5. The molecule has 32 heavy (non-hydrogen) atoms. The van der Waals surface area contributed by atoms with Gasteiger partial charge in [0.15, 0.2) is 0 Å². The normalized spacial score (nSPS) is 14.0. The van der Waals surface area contributed by atoms with E-state index in [1.54, 1.807) is 12.1 Å². The number of benzene rings is 2. The highest BCUT2D eigenvalue weighted by Crippen LogP contribution is 2.44. The Hall–Kier alpha value is -3.48. The number of nitrogens with zero attached hydrogens (tertiary/aromatic N) is 5. The van der Waals surface area contributed by atoms with Gasteiger partial charge in [-0.2, -0.15) is 10.4 Å². The zero-order valence-corrected chi connectivity index (χ0v) is 17.9. The van der Waals surface area contributed by atoms with Gasteiger partial charge in [0.05, 0.1) is 36.0 Å². The van der Waals surface area contributed by atoms with Crippen LogP contribution in [-0.2, 0) is 16.9 Å². The summed E-state index contributed by atoms with van der Waals surface area (Å²) in [5, 5.41) is 15.7. The van der Waals surface area contributed by atoms with Gasteiger partial charge < -0.3 is 4.74 Å². The quantitative estimate of drug-likeness (QED) is 0.393. The van der Waals surface area contributed by atoms with Crippen LogP contribution in [0.2, 0.25) is 0 Å². The Kier molecular flexibility index (Phi) is 6.08. The van der Waals surface area contributed by atoms with Crippen LogP contribution in [0.25, 0.3) is 11.3 Å². The molecule has 0 saturated heterocycles. The van der Waals surface area contributed by atoms with Crippen LogP contribution in [0.3, 0.4) is 0 Å². The smallest absolute Gasteiger partial charge is 0.137 e. The summed E-state index contributed by atoms with van der Waals surface area (Å²) >= 11 is 1.40. The Morgan fingerprint density at radius 1 is 1.25 bits per heavy atom. The molecular weight excluding hydrogens is 432 g/mol. The molecule has 4 rings (SSSR count). The molecule has 0 spiro atoms. The number of hydrogen-bond acceptors (Lipinski definition) is 6. The monoisotopic (exact) mass is 450 g/mol. The number of halogens is 2. The molecule has 2 heterocycles. The minimum Gasteiger partial charge on any atom is -0.365 e. The molecule has 4 aromatic rings. The molecule has 9 heteroatoms. The van der Waals surface area contributed by atoms with Crippen LogP contribution in [0.1, 0.15) is 29.0 Å². The Morgan fingerprint density at radius 2 is 2.03 bits per heavy atom. The highest BCUT2D eigenvalue weighted by Gasteiger charge is 2.43. The van der Waals surface area contributed by atoms with Crippen molar-refractivity contribution in [1.29, 1.82) is 5.26 Å². The third-order valence-corrected chi connectivity index (χ3v) is 6.44. The predicted octanol–water partition coefficient (Wildman–Crippen LogP) is 5.06. The maximum absolute atomic E-state index is 14.9. The van der Waals surface area contributed by atoms with Crippen molar-refractivity contribution in [2.45, 2.75) is 25.0 Å². The molecule has 0 amide bonds. The van der Waals surface area contributed by atoms with Gasteiger partial charge in [-0.05, 0) is 18.2 Å². The Balaban J connectivity index is 1.77. The minimum atomic E-state index is -1.33. The molecule has 0 unspecified atom stereocenters. The van der Waals surface area contributed by atoms with E-state index in [4.69, 9.17) is 15.0 Å². The molecule has 0 N–H and O–H groups in total. The molecule has 0 aliphatic heterocycles. The standard InChI is InChI=1S/C23H18F2N5OS/c1-15(22-29-21(11-32-22)17-5-3-16(10-26)4-6-17)23(31-2,12-30-14-27-13-28-30)19-8-7-18(24)9-20(19)25/h3-9,11,13-15H,2,12H2,1H3/t15-,23+/m0/s1. The molecule has 2 aromatic heterocycles. The van der Waals surface area contributed by atoms with Crippen molar-refractivity contribution in [2.75, 3.05) is 0 Å². The molecule has 0 aliphatic rings. The number of aromatic nitrogens is 4. The van der Waals surface area contributed by atoms with E-state index < -0.39 is 23.2 Å². The van der Waals surface area contributed by atoms with E-state index in [1.165, 1.54) is 40.8 Å². The van der Waals surface area contributed by atoms with Gasteiger partial charge in [0.1, 0.15) is 29.9 Å². The lowest BCUT2D eigenvalue weighted by Crippen LogP contribution is -2.39. The van der Waals surface area contributed by atoms with Gasteiger partial charge in [-0.1, -0.05) is 25.1 Å². The van der Waals surface area contributed by atoms with Crippen molar-refractivity contribution in [3.8, 4) is 17.3 Å². The van der Waals surface area contributed by atoms with Crippen molar-refractivity contribution < 1.29 is 13.5 Å². The number of ether oxygens (including phenoxy) is 1. The molecule has 0 saturated carbocycles. The maximum atomic E-state index is 14.9. The molecule has 2 atom stereocenters. The lowest BCUT2D eigenvalue weighted by Gasteiger charge is -2.37. The topological polar surface area (TPSA) is 76.6 Å².